The van der Waals surface area contributed by atoms with Gasteiger partial charge in [-0.15, -0.1) is 0 Å². The number of rotatable bonds is 6. The monoisotopic (exact) mass is 281 g/mol. The summed E-state index contributed by atoms with van der Waals surface area (Å²) < 4.78 is 0. The number of hydrogen-bond acceptors (Lipinski definition) is 3. The summed E-state index contributed by atoms with van der Waals surface area (Å²) >= 11 is 0. The number of piperidine rings is 1. The van der Waals surface area contributed by atoms with E-state index in [0.717, 1.165) is 32.1 Å². The van der Waals surface area contributed by atoms with Crippen LogP contribution in [0.3, 0.4) is 0 Å². The summed E-state index contributed by atoms with van der Waals surface area (Å²) in [7, 11) is 0. The molecule has 1 aliphatic carbocycles. The summed E-state index contributed by atoms with van der Waals surface area (Å²) in [5.74, 6) is 1.04. The summed E-state index contributed by atoms with van der Waals surface area (Å²) in [4.78, 5) is 14.4. The van der Waals surface area contributed by atoms with E-state index in [4.69, 9.17) is 0 Å². The Morgan fingerprint density at radius 2 is 1.80 bits per heavy atom. The fourth-order valence-electron chi connectivity index (χ4n) is 3.42. The third-order valence-electron chi connectivity index (χ3n) is 4.73. The van der Waals surface area contributed by atoms with E-state index in [9.17, 15) is 4.79 Å². The molecule has 4 nitrogen and oxygen atoms in total. The normalized spacial score (nSPS) is 22.9. The lowest BCUT2D eigenvalue weighted by Crippen LogP contribution is -2.45. The molecule has 0 aromatic carbocycles. The fraction of sp³-hybridized carbons (Fsp3) is 0.938. The van der Waals surface area contributed by atoms with Crippen molar-refractivity contribution in [1.29, 1.82) is 0 Å². The van der Waals surface area contributed by atoms with Crippen LogP contribution in [0.4, 0.5) is 0 Å². The van der Waals surface area contributed by atoms with Gasteiger partial charge in [0.05, 0.1) is 6.54 Å². The molecule has 116 valence electrons. The van der Waals surface area contributed by atoms with Crippen molar-refractivity contribution in [2.24, 2.45) is 5.92 Å². The van der Waals surface area contributed by atoms with Crippen molar-refractivity contribution in [2.75, 3.05) is 32.7 Å². The van der Waals surface area contributed by atoms with E-state index in [2.05, 4.69) is 22.5 Å². The third kappa shape index (κ3) is 5.41. The molecule has 0 unspecified atom stereocenters. The highest BCUT2D eigenvalue weighted by Crippen LogP contribution is 2.18. The summed E-state index contributed by atoms with van der Waals surface area (Å²) in [6.45, 7) is 7.11. The molecule has 1 saturated carbocycles. The lowest BCUT2D eigenvalue weighted by molar-refractivity contribution is -0.123. The molecule has 4 heteroatoms. The molecule has 20 heavy (non-hydrogen) atoms. The lowest BCUT2D eigenvalue weighted by atomic mass is 9.95. The molecular formula is C16H31N3O. The average molecular weight is 281 g/mol. The molecule has 1 amide bonds. The summed E-state index contributed by atoms with van der Waals surface area (Å²) in [5.41, 5.74) is 0. The topological polar surface area (TPSA) is 44.4 Å². The van der Waals surface area contributed by atoms with Gasteiger partial charge in [-0.1, -0.05) is 26.2 Å². The minimum Gasteiger partial charge on any atom is -0.352 e. The van der Waals surface area contributed by atoms with Crippen LogP contribution in [-0.2, 0) is 4.79 Å². The highest BCUT2D eigenvalue weighted by molar-refractivity contribution is 5.78. The Balaban J connectivity index is 1.60. The van der Waals surface area contributed by atoms with E-state index in [1.165, 1.54) is 44.9 Å². The number of hydrogen-bond donors (Lipinski definition) is 2. The molecule has 0 aromatic rings. The van der Waals surface area contributed by atoms with Gasteiger partial charge in [0.1, 0.15) is 0 Å². The van der Waals surface area contributed by atoms with Gasteiger partial charge in [0.25, 0.3) is 0 Å². The first kappa shape index (κ1) is 15.8. The Kier molecular flexibility index (Phi) is 6.80. The Morgan fingerprint density at radius 3 is 2.45 bits per heavy atom. The van der Waals surface area contributed by atoms with E-state index in [1.54, 1.807) is 0 Å². The molecule has 1 heterocycles. The predicted molar refractivity (Wildman–Crippen MR) is 82.7 cm³/mol. The summed E-state index contributed by atoms with van der Waals surface area (Å²) in [5, 5.41) is 6.65. The van der Waals surface area contributed by atoms with Crippen molar-refractivity contribution in [1.82, 2.24) is 15.5 Å². The first-order chi connectivity index (χ1) is 9.78. The molecular weight excluding hydrogens is 250 g/mol. The van der Waals surface area contributed by atoms with Crippen LogP contribution in [0.2, 0.25) is 0 Å². The SMILES string of the molecule is CCNCC1CCN(CC(=O)NC2CCCCC2)CC1. The highest BCUT2D eigenvalue weighted by atomic mass is 16.2. The van der Waals surface area contributed by atoms with Crippen LogP contribution < -0.4 is 10.6 Å². The fourth-order valence-corrected chi connectivity index (χ4v) is 3.42. The molecule has 1 saturated heterocycles. The second-order valence-corrected chi connectivity index (χ2v) is 6.43. The second-order valence-electron chi connectivity index (χ2n) is 6.43. The molecule has 0 atom stereocenters. The van der Waals surface area contributed by atoms with Gasteiger partial charge >= 0.3 is 0 Å². The largest absolute Gasteiger partial charge is 0.352 e. The molecule has 2 aliphatic rings. The maximum Gasteiger partial charge on any atom is 0.234 e. The van der Waals surface area contributed by atoms with Gasteiger partial charge in [-0.05, 0) is 57.8 Å². The van der Waals surface area contributed by atoms with Gasteiger partial charge in [0.15, 0.2) is 0 Å². The average Bonchev–Trinajstić information content (AvgIpc) is 2.47. The zero-order valence-electron chi connectivity index (χ0n) is 13.0. The molecule has 0 bridgehead atoms. The van der Waals surface area contributed by atoms with Crippen LogP contribution in [-0.4, -0.2) is 49.6 Å². The van der Waals surface area contributed by atoms with E-state index in [0.29, 0.717) is 12.6 Å². The number of nitrogens with zero attached hydrogens (tertiary/aromatic N) is 1. The van der Waals surface area contributed by atoms with Crippen LogP contribution in [0.25, 0.3) is 0 Å². The van der Waals surface area contributed by atoms with Gasteiger partial charge < -0.3 is 10.6 Å². The first-order valence-corrected chi connectivity index (χ1v) is 8.50. The minimum absolute atomic E-state index is 0.238. The van der Waals surface area contributed by atoms with Crippen molar-refractivity contribution in [3.63, 3.8) is 0 Å². The molecule has 0 radical (unpaired) electrons. The summed E-state index contributed by atoms with van der Waals surface area (Å²) in [6, 6.07) is 0.447. The molecule has 2 rings (SSSR count). The van der Waals surface area contributed by atoms with Gasteiger partial charge in [-0.2, -0.15) is 0 Å². The van der Waals surface area contributed by atoms with Gasteiger partial charge in [0, 0.05) is 6.04 Å². The standard InChI is InChI=1S/C16H31N3O/c1-2-17-12-14-8-10-19(11-9-14)13-16(20)18-15-6-4-3-5-7-15/h14-15,17H,2-13H2,1H3,(H,18,20). The number of nitrogens with one attached hydrogen (secondary N) is 2. The van der Waals surface area contributed by atoms with Crippen molar-refractivity contribution in [2.45, 2.75) is 57.9 Å². The van der Waals surface area contributed by atoms with Gasteiger partial charge in [-0.3, -0.25) is 9.69 Å². The number of carbonyl (C=O) groups is 1. The van der Waals surface area contributed by atoms with E-state index >= 15 is 0 Å². The zero-order chi connectivity index (χ0) is 14.2. The first-order valence-electron chi connectivity index (χ1n) is 8.50. The number of amides is 1. The smallest absolute Gasteiger partial charge is 0.234 e. The van der Waals surface area contributed by atoms with Crippen LogP contribution in [0.15, 0.2) is 0 Å². The van der Waals surface area contributed by atoms with Crippen molar-refractivity contribution < 1.29 is 4.79 Å². The number of carbonyl (C=O) groups excluding carboxylic acids is 1. The maximum absolute atomic E-state index is 12.1. The quantitative estimate of drug-likeness (QED) is 0.780. The molecule has 0 aromatic heterocycles. The third-order valence-corrected chi connectivity index (χ3v) is 4.73. The Bertz CT molecular complexity index is 281. The Morgan fingerprint density at radius 1 is 1.10 bits per heavy atom. The van der Waals surface area contributed by atoms with E-state index in [-0.39, 0.29) is 5.91 Å². The minimum atomic E-state index is 0.238. The van der Waals surface area contributed by atoms with Crippen LogP contribution >= 0.6 is 0 Å². The van der Waals surface area contributed by atoms with E-state index < -0.39 is 0 Å². The molecule has 0 spiro atoms. The zero-order valence-corrected chi connectivity index (χ0v) is 13.0. The number of likely N-dealkylation sites (tertiary alicyclic amines) is 1. The van der Waals surface area contributed by atoms with Crippen molar-refractivity contribution in [3.8, 4) is 0 Å². The summed E-state index contributed by atoms with van der Waals surface area (Å²) in [6.07, 6.45) is 8.70. The molecule has 2 N–H and O–H groups in total. The van der Waals surface area contributed by atoms with Gasteiger partial charge in [-0.25, -0.2) is 0 Å². The Labute approximate surface area is 123 Å². The van der Waals surface area contributed by atoms with Crippen LogP contribution in [0.1, 0.15) is 51.9 Å². The second kappa shape index (κ2) is 8.63. The molecule has 2 fully saturated rings. The lowest BCUT2D eigenvalue weighted by Gasteiger charge is -2.32. The van der Waals surface area contributed by atoms with Crippen LogP contribution in [0, 0.1) is 5.92 Å². The maximum atomic E-state index is 12.1. The van der Waals surface area contributed by atoms with Crippen molar-refractivity contribution >= 4 is 5.91 Å². The van der Waals surface area contributed by atoms with Crippen LogP contribution in [0.5, 0.6) is 0 Å². The van der Waals surface area contributed by atoms with Crippen molar-refractivity contribution in [3.05, 3.63) is 0 Å². The van der Waals surface area contributed by atoms with E-state index in [1.807, 2.05) is 0 Å². The highest BCUT2D eigenvalue weighted by Gasteiger charge is 2.22. The molecule has 1 aliphatic heterocycles. The van der Waals surface area contributed by atoms with Gasteiger partial charge in [0.2, 0.25) is 5.91 Å². The Hall–Kier alpha value is -0.610. The predicted octanol–water partition coefficient (Wildman–Crippen LogP) is 1.76.